The molecular weight excluding hydrogens is 366 g/mol. The predicted molar refractivity (Wildman–Crippen MR) is 124 cm³/mol. The zero-order valence-corrected chi connectivity index (χ0v) is 17.8. The molecule has 3 aromatic carbocycles. The average Bonchev–Trinajstić information content (AvgIpc) is 3.25. The number of nitrogens with zero attached hydrogens (tertiary/aromatic N) is 3. The third-order valence-corrected chi connectivity index (χ3v) is 5.64. The molecule has 0 aliphatic rings. The quantitative estimate of drug-likeness (QED) is 0.382. The Kier molecular flexibility index (Phi) is 6.10. The second-order valence-electron chi connectivity index (χ2n) is 7.99. The van der Waals surface area contributed by atoms with Gasteiger partial charge in [0.05, 0.1) is 12.0 Å². The van der Waals surface area contributed by atoms with Gasteiger partial charge in [0, 0.05) is 6.20 Å². The molecule has 1 heterocycles. The summed E-state index contributed by atoms with van der Waals surface area (Å²) in [6.45, 7) is 1.06. The van der Waals surface area contributed by atoms with Crippen molar-refractivity contribution < 1.29 is 0 Å². The first-order valence-electron chi connectivity index (χ1n) is 10.6. The van der Waals surface area contributed by atoms with Crippen LogP contribution in [0.4, 0.5) is 0 Å². The van der Waals surface area contributed by atoms with Crippen molar-refractivity contribution in [2.45, 2.75) is 18.4 Å². The van der Waals surface area contributed by atoms with Crippen LogP contribution in [0.2, 0.25) is 0 Å². The van der Waals surface area contributed by atoms with Gasteiger partial charge in [0.25, 0.3) is 0 Å². The summed E-state index contributed by atoms with van der Waals surface area (Å²) in [4.78, 5) is 7.02. The van der Waals surface area contributed by atoms with Crippen LogP contribution >= 0.6 is 0 Å². The van der Waals surface area contributed by atoms with Crippen LogP contribution in [0.25, 0.3) is 0 Å². The maximum absolute atomic E-state index is 4.80. The molecule has 0 amide bonds. The van der Waals surface area contributed by atoms with E-state index >= 15 is 0 Å². The minimum atomic E-state index is -0.476. The van der Waals surface area contributed by atoms with Crippen molar-refractivity contribution in [2.75, 3.05) is 20.6 Å². The molecule has 0 fully saturated rings. The maximum atomic E-state index is 4.80. The number of rotatable bonds is 8. The normalized spacial score (nSPS) is 11.7. The van der Waals surface area contributed by atoms with Crippen LogP contribution in [-0.2, 0) is 12.0 Å². The molecule has 4 rings (SSSR count). The molecule has 0 saturated heterocycles. The number of hydrogen-bond acceptors (Lipinski definition) is 2. The van der Waals surface area contributed by atoms with Gasteiger partial charge in [-0.1, -0.05) is 91.0 Å². The first-order chi connectivity index (χ1) is 14.7. The van der Waals surface area contributed by atoms with Crippen LogP contribution in [0.3, 0.4) is 0 Å². The van der Waals surface area contributed by atoms with Crippen LogP contribution in [0.5, 0.6) is 0 Å². The Morgan fingerprint density at radius 1 is 0.733 bits per heavy atom. The van der Waals surface area contributed by atoms with Crippen LogP contribution in [0, 0.1) is 0 Å². The number of hydrogen-bond donors (Lipinski definition) is 0. The Morgan fingerprint density at radius 3 is 1.63 bits per heavy atom. The Bertz CT molecular complexity index is 941. The van der Waals surface area contributed by atoms with Gasteiger partial charge >= 0.3 is 0 Å². The van der Waals surface area contributed by atoms with Gasteiger partial charge in [-0.3, -0.25) is 0 Å². The highest BCUT2D eigenvalue weighted by molar-refractivity contribution is 5.50. The molecule has 3 heteroatoms. The smallest absolute Gasteiger partial charge is 0.121 e. The van der Waals surface area contributed by atoms with Crippen molar-refractivity contribution in [3.05, 3.63) is 126 Å². The van der Waals surface area contributed by atoms with Crippen molar-refractivity contribution in [1.82, 2.24) is 14.5 Å². The molecule has 152 valence electrons. The van der Waals surface area contributed by atoms with Gasteiger partial charge in [0.1, 0.15) is 5.54 Å². The van der Waals surface area contributed by atoms with Crippen LogP contribution in [0.1, 0.15) is 28.8 Å². The van der Waals surface area contributed by atoms with Gasteiger partial charge in [-0.05, 0) is 50.2 Å². The van der Waals surface area contributed by atoms with Crippen LogP contribution < -0.4 is 0 Å². The molecule has 0 N–H and O–H groups in total. The zero-order valence-electron chi connectivity index (χ0n) is 17.8. The Labute approximate surface area is 179 Å². The minimum absolute atomic E-state index is 0.476. The third-order valence-electron chi connectivity index (χ3n) is 5.64. The minimum Gasteiger partial charge on any atom is -0.319 e. The summed E-state index contributed by atoms with van der Waals surface area (Å²) in [7, 11) is 4.23. The van der Waals surface area contributed by atoms with Gasteiger partial charge in [-0.15, -0.1) is 0 Å². The Morgan fingerprint density at radius 2 is 1.20 bits per heavy atom. The lowest BCUT2D eigenvalue weighted by molar-refractivity contribution is 0.399. The molecular formula is C27H29N3. The lowest BCUT2D eigenvalue weighted by atomic mass is 9.77. The fraction of sp³-hybridized carbons (Fsp3) is 0.222. The van der Waals surface area contributed by atoms with Crippen molar-refractivity contribution in [1.29, 1.82) is 0 Å². The SMILES string of the molecule is CN(C)CCCc1cn(C(c2ccccc2)(c2ccccc2)c2ccccc2)cn1. The first kappa shape index (κ1) is 20.1. The van der Waals surface area contributed by atoms with E-state index in [1.807, 2.05) is 6.33 Å². The topological polar surface area (TPSA) is 21.1 Å². The lowest BCUT2D eigenvalue weighted by Crippen LogP contribution is -2.36. The molecule has 4 aromatic rings. The largest absolute Gasteiger partial charge is 0.319 e. The van der Waals surface area contributed by atoms with Crippen molar-refractivity contribution in [2.24, 2.45) is 0 Å². The Balaban J connectivity index is 1.89. The van der Waals surface area contributed by atoms with Crippen molar-refractivity contribution in [3.63, 3.8) is 0 Å². The molecule has 0 unspecified atom stereocenters. The highest BCUT2D eigenvalue weighted by atomic mass is 15.1. The fourth-order valence-corrected chi connectivity index (χ4v) is 4.24. The van der Waals surface area contributed by atoms with E-state index in [1.165, 1.54) is 16.7 Å². The lowest BCUT2D eigenvalue weighted by Gasteiger charge is -2.37. The van der Waals surface area contributed by atoms with E-state index in [0.29, 0.717) is 0 Å². The van der Waals surface area contributed by atoms with Crippen LogP contribution in [0.15, 0.2) is 104 Å². The summed E-state index contributed by atoms with van der Waals surface area (Å²) < 4.78 is 2.29. The van der Waals surface area contributed by atoms with E-state index in [9.17, 15) is 0 Å². The van der Waals surface area contributed by atoms with E-state index < -0.39 is 5.54 Å². The van der Waals surface area contributed by atoms with E-state index in [1.54, 1.807) is 0 Å². The van der Waals surface area contributed by atoms with Gasteiger partial charge in [0.2, 0.25) is 0 Å². The van der Waals surface area contributed by atoms with Gasteiger partial charge in [0.15, 0.2) is 0 Å². The summed E-state index contributed by atoms with van der Waals surface area (Å²) in [6.07, 6.45) is 6.29. The highest BCUT2D eigenvalue weighted by Crippen LogP contribution is 2.40. The Hall–Kier alpha value is -3.17. The standard InChI is InChI=1S/C27H29N3/c1-29(2)20-12-19-26-21-30(22-28-26)27(23-13-6-3-7-14-23,24-15-8-4-9-16-24)25-17-10-5-11-18-25/h3-11,13-18,21-22H,12,19-20H2,1-2H3. The highest BCUT2D eigenvalue weighted by Gasteiger charge is 2.38. The molecule has 0 saturated carbocycles. The molecule has 0 bridgehead atoms. The maximum Gasteiger partial charge on any atom is 0.121 e. The van der Waals surface area contributed by atoms with Crippen molar-refractivity contribution in [3.8, 4) is 0 Å². The average molecular weight is 396 g/mol. The molecule has 0 spiro atoms. The monoisotopic (exact) mass is 395 g/mol. The first-order valence-corrected chi connectivity index (χ1v) is 10.6. The molecule has 3 nitrogen and oxygen atoms in total. The van der Waals surface area contributed by atoms with Crippen LogP contribution in [-0.4, -0.2) is 35.1 Å². The third kappa shape index (κ3) is 3.94. The number of benzene rings is 3. The molecule has 0 aliphatic heterocycles. The molecule has 30 heavy (non-hydrogen) atoms. The molecule has 0 atom stereocenters. The summed E-state index contributed by atoms with van der Waals surface area (Å²) >= 11 is 0. The summed E-state index contributed by atoms with van der Waals surface area (Å²) in [5, 5.41) is 0. The molecule has 0 aliphatic carbocycles. The zero-order chi connectivity index (χ0) is 20.8. The van der Waals surface area contributed by atoms with E-state index in [-0.39, 0.29) is 0 Å². The van der Waals surface area contributed by atoms with E-state index in [4.69, 9.17) is 4.98 Å². The van der Waals surface area contributed by atoms with Gasteiger partial charge in [-0.25, -0.2) is 4.98 Å². The van der Waals surface area contributed by atoms with Gasteiger partial charge in [-0.2, -0.15) is 0 Å². The predicted octanol–water partition coefficient (Wildman–Crippen LogP) is 5.22. The van der Waals surface area contributed by atoms with Gasteiger partial charge < -0.3 is 9.47 Å². The van der Waals surface area contributed by atoms with Crippen molar-refractivity contribution >= 4 is 0 Å². The fourth-order valence-electron chi connectivity index (χ4n) is 4.24. The number of aryl methyl sites for hydroxylation is 1. The van der Waals surface area contributed by atoms with E-state index in [2.05, 4.69) is 121 Å². The number of imidazole rings is 1. The van der Waals surface area contributed by atoms with E-state index in [0.717, 1.165) is 25.1 Å². The number of aromatic nitrogens is 2. The second kappa shape index (κ2) is 9.10. The summed E-state index contributed by atoms with van der Waals surface area (Å²) in [5.41, 5.74) is 4.32. The second-order valence-corrected chi connectivity index (χ2v) is 7.99. The summed E-state index contributed by atoms with van der Waals surface area (Å²) in [6, 6.07) is 32.2. The summed E-state index contributed by atoms with van der Waals surface area (Å²) in [5.74, 6) is 0. The molecule has 0 radical (unpaired) electrons. The molecule has 1 aromatic heterocycles.